The van der Waals surface area contributed by atoms with E-state index in [1.54, 1.807) is 0 Å². The summed E-state index contributed by atoms with van der Waals surface area (Å²) in [7, 11) is 0. The first kappa shape index (κ1) is 13.2. The third kappa shape index (κ3) is 2.57. The third-order valence-corrected chi connectivity index (χ3v) is 4.45. The van der Waals surface area contributed by atoms with Gasteiger partial charge in [0.1, 0.15) is 5.69 Å². The fraction of sp³-hybridized carbons (Fsp3) is 0.600. The highest BCUT2D eigenvalue weighted by Crippen LogP contribution is 2.36. The molecule has 0 bridgehead atoms. The minimum Gasteiger partial charge on any atom is -0.481 e. The Morgan fingerprint density at radius 3 is 2.80 bits per heavy atom. The van der Waals surface area contributed by atoms with Gasteiger partial charge in [0, 0.05) is 18.8 Å². The largest absolute Gasteiger partial charge is 0.481 e. The van der Waals surface area contributed by atoms with Crippen molar-refractivity contribution in [3.05, 3.63) is 24.0 Å². The van der Waals surface area contributed by atoms with Crippen molar-refractivity contribution in [1.82, 2.24) is 9.88 Å². The Hall–Kier alpha value is -1.78. The van der Waals surface area contributed by atoms with Gasteiger partial charge >= 0.3 is 5.97 Å². The molecule has 2 N–H and O–H groups in total. The molecule has 2 aliphatic rings. The lowest BCUT2D eigenvalue weighted by Gasteiger charge is -2.16. The van der Waals surface area contributed by atoms with E-state index in [-0.39, 0.29) is 17.7 Å². The lowest BCUT2D eigenvalue weighted by Crippen LogP contribution is -2.33. The molecule has 0 radical (unpaired) electrons. The van der Waals surface area contributed by atoms with Crippen molar-refractivity contribution in [1.29, 1.82) is 0 Å². The molecule has 1 amide bonds. The van der Waals surface area contributed by atoms with E-state index in [9.17, 15) is 9.59 Å². The summed E-state index contributed by atoms with van der Waals surface area (Å²) in [5.74, 6) is -1.05. The first-order valence-corrected chi connectivity index (χ1v) is 7.34. The van der Waals surface area contributed by atoms with Crippen molar-refractivity contribution in [2.75, 3.05) is 6.54 Å². The lowest BCUT2D eigenvalue weighted by molar-refractivity contribution is -0.142. The fourth-order valence-electron chi connectivity index (χ4n) is 3.18. The summed E-state index contributed by atoms with van der Waals surface area (Å²) in [5, 5.41) is 12.1. The van der Waals surface area contributed by atoms with Gasteiger partial charge in [-0.3, -0.25) is 9.59 Å². The molecule has 3 rings (SSSR count). The van der Waals surface area contributed by atoms with Gasteiger partial charge in [0.2, 0.25) is 0 Å². The molecule has 2 aliphatic carbocycles. The number of hydrogen-bond donors (Lipinski definition) is 2. The highest BCUT2D eigenvalue weighted by molar-refractivity contribution is 5.92. The molecule has 20 heavy (non-hydrogen) atoms. The lowest BCUT2D eigenvalue weighted by atomic mass is 9.96. The third-order valence-electron chi connectivity index (χ3n) is 4.45. The van der Waals surface area contributed by atoms with Crippen LogP contribution in [0.2, 0.25) is 0 Å². The Morgan fingerprint density at radius 2 is 2.10 bits per heavy atom. The molecule has 1 aromatic rings. The Bertz CT molecular complexity index is 519. The number of aromatic nitrogens is 1. The molecule has 0 aliphatic heterocycles. The van der Waals surface area contributed by atoms with Crippen LogP contribution >= 0.6 is 0 Å². The first-order valence-electron chi connectivity index (χ1n) is 7.34. The van der Waals surface area contributed by atoms with Crippen LogP contribution in [0.15, 0.2) is 18.3 Å². The summed E-state index contributed by atoms with van der Waals surface area (Å²) in [6.07, 6.45) is 6.78. The average Bonchev–Trinajstić information content (AvgIpc) is 2.98. The molecule has 0 spiro atoms. The van der Waals surface area contributed by atoms with Crippen LogP contribution in [0.1, 0.15) is 48.6 Å². The Labute approximate surface area is 118 Å². The van der Waals surface area contributed by atoms with E-state index in [0.717, 1.165) is 32.1 Å². The first-order chi connectivity index (χ1) is 9.66. The van der Waals surface area contributed by atoms with Crippen molar-refractivity contribution >= 4 is 11.9 Å². The highest BCUT2D eigenvalue weighted by Gasteiger charge is 2.33. The molecule has 2 atom stereocenters. The second-order valence-electron chi connectivity index (χ2n) is 5.88. The summed E-state index contributed by atoms with van der Waals surface area (Å²) in [4.78, 5) is 23.3. The second-order valence-corrected chi connectivity index (χ2v) is 5.88. The standard InChI is InChI=1S/C15H20N2O3/c18-14(13-5-2-8-17(13)11-6-7-11)16-9-10-3-1-4-12(10)15(19)20/h2,5,8,10-12H,1,3-4,6-7,9H2,(H,16,18)(H,19,20). The van der Waals surface area contributed by atoms with Crippen LogP contribution in [0.25, 0.3) is 0 Å². The Kier molecular flexibility index (Phi) is 3.51. The van der Waals surface area contributed by atoms with Crippen LogP contribution < -0.4 is 5.32 Å². The maximum Gasteiger partial charge on any atom is 0.306 e. The van der Waals surface area contributed by atoms with Crippen molar-refractivity contribution in [3.8, 4) is 0 Å². The van der Waals surface area contributed by atoms with Gasteiger partial charge in [-0.05, 0) is 43.7 Å². The molecular weight excluding hydrogens is 256 g/mol. The van der Waals surface area contributed by atoms with Crippen molar-refractivity contribution in [3.63, 3.8) is 0 Å². The van der Waals surface area contributed by atoms with E-state index in [4.69, 9.17) is 5.11 Å². The van der Waals surface area contributed by atoms with E-state index in [2.05, 4.69) is 5.32 Å². The summed E-state index contributed by atoms with van der Waals surface area (Å²) in [5.41, 5.74) is 0.692. The average molecular weight is 276 g/mol. The second kappa shape index (κ2) is 5.31. The van der Waals surface area contributed by atoms with Gasteiger partial charge in [-0.1, -0.05) is 6.42 Å². The molecule has 2 saturated carbocycles. The topological polar surface area (TPSA) is 71.3 Å². The minimum absolute atomic E-state index is 0.0702. The van der Waals surface area contributed by atoms with Crippen LogP contribution in [0.3, 0.4) is 0 Å². The normalized spacial score (nSPS) is 25.6. The summed E-state index contributed by atoms with van der Waals surface area (Å²) < 4.78 is 2.03. The van der Waals surface area contributed by atoms with Crippen LogP contribution in [0.5, 0.6) is 0 Å². The van der Waals surface area contributed by atoms with Crippen LogP contribution in [-0.4, -0.2) is 28.1 Å². The Morgan fingerprint density at radius 1 is 1.30 bits per heavy atom. The van der Waals surface area contributed by atoms with Crippen LogP contribution in [0.4, 0.5) is 0 Å². The number of nitrogens with zero attached hydrogens (tertiary/aromatic N) is 1. The zero-order chi connectivity index (χ0) is 14.1. The van der Waals surface area contributed by atoms with Gasteiger partial charge < -0.3 is 15.0 Å². The Balaban J connectivity index is 1.59. The van der Waals surface area contributed by atoms with Gasteiger partial charge in [0.05, 0.1) is 5.92 Å². The van der Waals surface area contributed by atoms with Gasteiger partial charge in [0.15, 0.2) is 0 Å². The smallest absolute Gasteiger partial charge is 0.306 e. The molecule has 1 heterocycles. The van der Waals surface area contributed by atoms with Gasteiger partial charge in [-0.2, -0.15) is 0 Å². The number of carbonyl (C=O) groups excluding carboxylic acids is 1. The number of carboxylic acids is 1. The zero-order valence-corrected chi connectivity index (χ0v) is 11.4. The van der Waals surface area contributed by atoms with Crippen LogP contribution in [0, 0.1) is 11.8 Å². The molecule has 0 aromatic carbocycles. The molecule has 2 unspecified atom stereocenters. The number of amides is 1. The number of aliphatic carboxylic acids is 1. The quantitative estimate of drug-likeness (QED) is 0.864. The summed E-state index contributed by atoms with van der Waals surface area (Å²) in [6.45, 7) is 0.464. The maximum atomic E-state index is 12.2. The van der Waals surface area contributed by atoms with E-state index < -0.39 is 5.97 Å². The van der Waals surface area contributed by atoms with E-state index >= 15 is 0 Å². The monoisotopic (exact) mass is 276 g/mol. The fourth-order valence-corrected chi connectivity index (χ4v) is 3.18. The van der Waals surface area contributed by atoms with E-state index in [0.29, 0.717) is 18.3 Å². The predicted molar refractivity (Wildman–Crippen MR) is 73.5 cm³/mol. The van der Waals surface area contributed by atoms with Gasteiger partial charge in [0.25, 0.3) is 5.91 Å². The van der Waals surface area contributed by atoms with Gasteiger partial charge in [-0.15, -0.1) is 0 Å². The number of carboxylic acid groups (broad SMARTS) is 1. The molecule has 0 saturated heterocycles. The zero-order valence-electron chi connectivity index (χ0n) is 11.4. The number of carbonyl (C=O) groups is 2. The minimum atomic E-state index is -0.733. The van der Waals surface area contributed by atoms with E-state index in [1.165, 1.54) is 0 Å². The molecule has 5 nitrogen and oxygen atoms in total. The molecule has 2 fully saturated rings. The van der Waals surface area contributed by atoms with Crippen molar-refractivity contribution < 1.29 is 14.7 Å². The summed E-state index contributed by atoms with van der Waals surface area (Å²) >= 11 is 0. The number of rotatable bonds is 5. The number of nitrogens with one attached hydrogen (secondary N) is 1. The highest BCUT2D eigenvalue weighted by atomic mass is 16.4. The van der Waals surface area contributed by atoms with Crippen LogP contribution in [-0.2, 0) is 4.79 Å². The predicted octanol–water partition coefficient (Wildman–Crippen LogP) is 2.05. The van der Waals surface area contributed by atoms with Crippen molar-refractivity contribution in [2.24, 2.45) is 11.8 Å². The molecule has 1 aromatic heterocycles. The van der Waals surface area contributed by atoms with Crippen molar-refractivity contribution in [2.45, 2.75) is 38.1 Å². The van der Waals surface area contributed by atoms with E-state index in [1.807, 2.05) is 22.9 Å². The maximum absolute atomic E-state index is 12.2. The molecular formula is C15H20N2O3. The molecule has 108 valence electrons. The number of hydrogen-bond acceptors (Lipinski definition) is 2. The summed E-state index contributed by atoms with van der Waals surface area (Å²) in [6, 6.07) is 4.20. The van der Waals surface area contributed by atoms with Gasteiger partial charge in [-0.25, -0.2) is 0 Å². The molecule has 5 heteroatoms. The SMILES string of the molecule is O=C(NCC1CCCC1C(=O)O)c1cccn1C1CC1.